The Balaban J connectivity index is 0.000000774. The number of nitrogens with two attached hydrogens (primary N) is 1. The van der Waals surface area contributed by atoms with E-state index >= 15 is 0 Å². The van der Waals surface area contributed by atoms with Crippen LogP contribution in [0.5, 0.6) is 5.75 Å². The van der Waals surface area contributed by atoms with Crippen molar-refractivity contribution in [2.24, 2.45) is 11.7 Å². The Hall–Kier alpha value is -2.13. The maximum Gasteiger partial charge on any atom is 0.123 e. The second-order valence-corrected chi connectivity index (χ2v) is 4.99. The molecule has 0 bridgehead atoms. The van der Waals surface area contributed by atoms with Crippen molar-refractivity contribution in [1.82, 2.24) is 0 Å². The van der Waals surface area contributed by atoms with Gasteiger partial charge in [-0.1, -0.05) is 42.5 Å². The van der Waals surface area contributed by atoms with Crippen LogP contribution in [0.15, 0.2) is 54.6 Å². The first-order chi connectivity index (χ1) is 10.4. The lowest BCUT2D eigenvalue weighted by atomic mass is 10.1. The predicted octanol–water partition coefficient (Wildman–Crippen LogP) is 3.14. The summed E-state index contributed by atoms with van der Waals surface area (Å²) in [4.78, 5) is 10.7. The Morgan fingerprint density at radius 1 is 1.10 bits per heavy atom. The largest absolute Gasteiger partial charge is 0.489 e. The van der Waals surface area contributed by atoms with Crippen molar-refractivity contribution >= 4 is 6.29 Å². The van der Waals surface area contributed by atoms with Crippen LogP contribution in [-0.4, -0.2) is 13.3 Å². The Morgan fingerprint density at radius 2 is 1.76 bits per heavy atom. The van der Waals surface area contributed by atoms with Crippen LogP contribution in [0.3, 0.4) is 0 Å². The summed E-state index contributed by atoms with van der Waals surface area (Å²) in [5.41, 5.74) is 6.90. The minimum Gasteiger partial charge on any atom is -0.489 e. The molecule has 0 aliphatic heterocycles. The predicted molar refractivity (Wildman–Crippen MR) is 84.2 cm³/mol. The zero-order chi connectivity index (χ0) is 15.1. The quantitative estimate of drug-likeness (QED) is 0.858. The van der Waals surface area contributed by atoms with Crippen molar-refractivity contribution in [2.75, 3.05) is 7.05 Å². The molecular weight excluding hydrogens is 262 g/mol. The lowest BCUT2D eigenvalue weighted by molar-refractivity contribution is -0.108. The highest BCUT2D eigenvalue weighted by Gasteiger charge is 2.37. The highest BCUT2D eigenvalue weighted by Crippen LogP contribution is 2.46. The smallest absolute Gasteiger partial charge is 0.123 e. The molecule has 2 aromatic carbocycles. The van der Waals surface area contributed by atoms with E-state index in [1.807, 2.05) is 42.5 Å². The molecule has 3 heteroatoms. The molecule has 0 radical (unpaired) electrons. The molecule has 0 aromatic heterocycles. The van der Waals surface area contributed by atoms with Gasteiger partial charge in [0.2, 0.25) is 0 Å². The van der Waals surface area contributed by atoms with Gasteiger partial charge in [-0.25, -0.2) is 0 Å². The van der Waals surface area contributed by atoms with Gasteiger partial charge in [-0.2, -0.15) is 0 Å². The van der Waals surface area contributed by atoms with Gasteiger partial charge in [0.15, 0.2) is 0 Å². The number of hydrogen-bond acceptors (Lipinski definition) is 3. The SMILES string of the molecule is CN.O=CC1CC1c1ccc(OCc2ccccc2)cc1. The van der Waals surface area contributed by atoms with E-state index < -0.39 is 0 Å². The molecule has 1 fully saturated rings. The number of ether oxygens (including phenoxy) is 1. The summed E-state index contributed by atoms with van der Waals surface area (Å²) in [6, 6.07) is 18.2. The fraction of sp³-hybridized carbons (Fsp3) is 0.278. The highest BCUT2D eigenvalue weighted by molar-refractivity contribution is 5.61. The number of benzene rings is 2. The molecule has 0 heterocycles. The first kappa shape index (κ1) is 15.3. The van der Waals surface area contributed by atoms with Crippen molar-refractivity contribution in [3.63, 3.8) is 0 Å². The highest BCUT2D eigenvalue weighted by atomic mass is 16.5. The summed E-state index contributed by atoms with van der Waals surface area (Å²) in [5, 5.41) is 0. The number of hydrogen-bond donors (Lipinski definition) is 1. The standard InChI is InChI=1S/C17H16O2.CH5N/c18-11-15-10-17(15)14-6-8-16(9-7-14)19-12-13-4-2-1-3-5-13;1-2/h1-9,11,15,17H,10,12H2;2H2,1H3. The molecule has 3 rings (SSSR count). The molecule has 1 aliphatic rings. The fourth-order valence-electron chi connectivity index (χ4n) is 2.30. The second-order valence-electron chi connectivity index (χ2n) is 4.99. The van der Waals surface area contributed by atoms with Crippen LogP contribution in [0.1, 0.15) is 23.5 Å². The van der Waals surface area contributed by atoms with E-state index in [0.717, 1.165) is 24.0 Å². The normalized spacial score (nSPS) is 19.1. The van der Waals surface area contributed by atoms with E-state index in [2.05, 4.69) is 17.9 Å². The first-order valence-corrected chi connectivity index (χ1v) is 7.16. The van der Waals surface area contributed by atoms with Gasteiger partial charge in [-0.15, -0.1) is 0 Å². The molecular formula is C18H21NO2. The molecule has 2 unspecified atom stereocenters. The maximum atomic E-state index is 10.7. The van der Waals surface area contributed by atoms with Gasteiger partial charge in [0, 0.05) is 5.92 Å². The third kappa shape index (κ3) is 4.17. The lowest BCUT2D eigenvalue weighted by Gasteiger charge is -2.07. The third-order valence-electron chi connectivity index (χ3n) is 3.57. The molecule has 0 spiro atoms. The molecule has 3 nitrogen and oxygen atoms in total. The number of carbonyl (C=O) groups excluding carboxylic acids is 1. The molecule has 2 N–H and O–H groups in total. The topological polar surface area (TPSA) is 52.3 Å². The molecule has 1 saturated carbocycles. The van der Waals surface area contributed by atoms with E-state index in [1.165, 1.54) is 12.6 Å². The van der Waals surface area contributed by atoms with Crippen LogP contribution in [-0.2, 0) is 11.4 Å². The molecule has 1 aliphatic carbocycles. The van der Waals surface area contributed by atoms with E-state index in [9.17, 15) is 4.79 Å². The maximum absolute atomic E-state index is 10.7. The average Bonchev–Trinajstić information content (AvgIpc) is 3.36. The number of rotatable bonds is 5. The van der Waals surface area contributed by atoms with Gasteiger partial charge in [0.25, 0.3) is 0 Å². The summed E-state index contributed by atoms with van der Waals surface area (Å²) in [5.74, 6) is 1.53. The van der Waals surface area contributed by atoms with Crippen LogP contribution >= 0.6 is 0 Å². The monoisotopic (exact) mass is 283 g/mol. The average molecular weight is 283 g/mol. The number of carbonyl (C=O) groups is 1. The van der Waals surface area contributed by atoms with Crippen LogP contribution in [0.2, 0.25) is 0 Å². The summed E-state index contributed by atoms with van der Waals surface area (Å²) >= 11 is 0. The van der Waals surface area contributed by atoms with Crippen LogP contribution in [0, 0.1) is 5.92 Å². The van der Waals surface area contributed by atoms with E-state index in [-0.39, 0.29) is 5.92 Å². The molecule has 110 valence electrons. The summed E-state index contributed by atoms with van der Waals surface area (Å²) in [6.45, 7) is 0.584. The zero-order valence-corrected chi connectivity index (χ0v) is 12.2. The first-order valence-electron chi connectivity index (χ1n) is 7.16. The molecule has 2 aromatic rings. The van der Waals surface area contributed by atoms with Gasteiger partial charge in [0.1, 0.15) is 18.6 Å². The minimum absolute atomic E-state index is 0.232. The van der Waals surface area contributed by atoms with E-state index in [0.29, 0.717) is 12.5 Å². The van der Waals surface area contributed by atoms with E-state index in [4.69, 9.17) is 4.74 Å². The van der Waals surface area contributed by atoms with Crippen LogP contribution in [0.4, 0.5) is 0 Å². The third-order valence-corrected chi connectivity index (χ3v) is 3.57. The van der Waals surface area contributed by atoms with Gasteiger partial charge >= 0.3 is 0 Å². The summed E-state index contributed by atoms with van der Waals surface area (Å²) in [7, 11) is 1.50. The van der Waals surface area contributed by atoms with Crippen molar-refractivity contribution in [2.45, 2.75) is 18.9 Å². The van der Waals surface area contributed by atoms with Crippen molar-refractivity contribution < 1.29 is 9.53 Å². The Bertz CT molecular complexity index is 551. The van der Waals surface area contributed by atoms with Gasteiger partial charge in [-0.3, -0.25) is 0 Å². The van der Waals surface area contributed by atoms with Crippen molar-refractivity contribution in [3.8, 4) is 5.75 Å². The van der Waals surface area contributed by atoms with Crippen LogP contribution in [0.25, 0.3) is 0 Å². The molecule has 2 atom stereocenters. The molecule has 0 saturated heterocycles. The Labute approximate surface area is 125 Å². The minimum atomic E-state index is 0.232. The molecule has 21 heavy (non-hydrogen) atoms. The second kappa shape index (κ2) is 7.60. The lowest BCUT2D eigenvalue weighted by Crippen LogP contribution is -1.95. The number of aldehydes is 1. The van der Waals surface area contributed by atoms with Crippen molar-refractivity contribution in [3.05, 3.63) is 65.7 Å². The summed E-state index contributed by atoms with van der Waals surface area (Å²) < 4.78 is 5.73. The van der Waals surface area contributed by atoms with Crippen molar-refractivity contribution in [1.29, 1.82) is 0 Å². The van der Waals surface area contributed by atoms with Gasteiger partial charge in [-0.05, 0) is 42.6 Å². The Morgan fingerprint density at radius 3 is 2.33 bits per heavy atom. The van der Waals surface area contributed by atoms with Gasteiger partial charge < -0.3 is 15.3 Å². The summed E-state index contributed by atoms with van der Waals surface area (Å²) in [6.07, 6.45) is 2.05. The van der Waals surface area contributed by atoms with Crippen LogP contribution < -0.4 is 10.5 Å². The van der Waals surface area contributed by atoms with E-state index in [1.54, 1.807) is 0 Å². The zero-order valence-electron chi connectivity index (χ0n) is 12.2. The van der Waals surface area contributed by atoms with Gasteiger partial charge in [0.05, 0.1) is 0 Å². The fourth-order valence-corrected chi connectivity index (χ4v) is 2.30. The Kier molecular flexibility index (Phi) is 5.52. The molecule has 0 amide bonds.